The van der Waals surface area contributed by atoms with Gasteiger partial charge in [0.2, 0.25) is 10.0 Å². The fraction of sp³-hybridized carbons (Fsp3) is 0.500. The van der Waals surface area contributed by atoms with Crippen LogP contribution >= 0.6 is 15.9 Å². The first-order chi connectivity index (χ1) is 8.49. The number of hydrogen-bond donors (Lipinski definition) is 1. The van der Waals surface area contributed by atoms with E-state index >= 15 is 0 Å². The van der Waals surface area contributed by atoms with E-state index in [4.69, 9.17) is 4.74 Å². The monoisotopic (exact) mass is 333 g/mol. The second-order valence-electron chi connectivity index (χ2n) is 4.40. The molecule has 1 N–H and O–H groups in total. The average Bonchev–Trinajstić information content (AvgIpc) is 2.76. The lowest BCUT2D eigenvalue weighted by Crippen LogP contribution is -2.37. The van der Waals surface area contributed by atoms with E-state index in [-0.39, 0.29) is 6.10 Å². The Morgan fingerprint density at radius 2 is 2.06 bits per heavy atom. The molecule has 18 heavy (non-hydrogen) atoms. The number of ether oxygens (including phenoxy) is 1. The molecule has 0 saturated carbocycles. The summed E-state index contributed by atoms with van der Waals surface area (Å²) in [6, 6.07) is 7.57. The molecule has 0 unspecified atom stereocenters. The molecule has 2 rings (SSSR count). The molecule has 1 heterocycles. The molecule has 0 amide bonds. The van der Waals surface area contributed by atoms with Crippen molar-refractivity contribution in [3.05, 3.63) is 34.3 Å². The van der Waals surface area contributed by atoms with Crippen LogP contribution in [0.25, 0.3) is 0 Å². The highest BCUT2D eigenvalue weighted by molar-refractivity contribution is 9.10. The summed E-state index contributed by atoms with van der Waals surface area (Å²) in [4.78, 5) is 0. The molecule has 1 aromatic rings. The smallest absolute Gasteiger partial charge is 0.217 e. The van der Waals surface area contributed by atoms with E-state index in [1.807, 2.05) is 24.3 Å². The zero-order chi connectivity index (χ0) is 13.2. The van der Waals surface area contributed by atoms with E-state index < -0.39 is 15.3 Å². The minimum atomic E-state index is -3.30. The van der Waals surface area contributed by atoms with E-state index in [1.165, 1.54) is 0 Å². The van der Waals surface area contributed by atoms with Crippen LogP contribution in [0.4, 0.5) is 0 Å². The minimum absolute atomic E-state index is 0.229. The number of rotatable bonds is 4. The van der Waals surface area contributed by atoms with Gasteiger partial charge in [-0.2, -0.15) is 0 Å². The molecule has 1 saturated heterocycles. The molecular formula is C12H16BrNO3S. The molecular weight excluding hydrogens is 318 g/mol. The van der Waals surface area contributed by atoms with Gasteiger partial charge in [-0.25, -0.2) is 13.1 Å². The van der Waals surface area contributed by atoms with Crippen molar-refractivity contribution < 1.29 is 13.2 Å². The third-order valence-corrected chi connectivity index (χ3v) is 5.59. The van der Waals surface area contributed by atoms with Crippen LogP contribution in [-0.2, 0) is 21.3 Å². The fourth-order valence-corrected chi connectivity index (χ4v) is 3.85. The lowest BCUT2D eigenvalue weighted by Gasteiger charge is -2.15. The van der Waals surface area contributed by atoms with Crippen LogP contribution in [-0.4, -0.2) is 26.4 Å². The zero-order valence-corrected chi connectivity index (χ0v) is 12.5. The summed E-state index contributed by atoms with van der Waals surface area (Å²) in [5.41, 5.74) is 0.938. The van der Waals surface area contributed by atoms with Gasteiger partial charge in [0.25, 0.3) is 0 Å². The van der Waals surface area contributed by atoms with Crippen molar-refractivity contribution in [2.75, 3.05) is 6.61 Å². The predicted octanol–water partition coefficient (Wildman–Crippen LogP) is 2.05. The second-order valence-corrected chi connectivity index (χ2v) is 7.30. The molecule has 6 heteroatoms. The van der Waals surface area contributed by atoms with E-state index in [2.05, 4.69) is 20.7 Å². The standard InChI is InChI=1S/C12H16BrNO3S/c1-9-12(6-7-17-9)18(15,16)14-8-10-2-4-11(13)5-3-10/h2-5,9,12,14H,6-8H2,1H3/t9-,12-/m0/s1. The van der Waals surface area contributed by atoms with Crippen molar-refractivity contribution in [3.63, 3.8) is 0 Å². The third-order valence-electron chi connectivity index (χ3n) is 3.10. The summed E-state index contributed by atoms with van der Waals surface area (Å²) in [5, 5.41) is -0.437. The van der Waals surface area contributed by atoms with Crippen LogP contribution in [0.1, 0.15) is 18.9 Å². The molecule has 0 radical (unpaired) electrons. The molecule has 1 aromatic carbocycles. The van der Waals surface area contributed by atoms with Gasteiger partial charge in [-0.05, 0) is 31.0 Å². The van der Waals surface area contributed by atoms with Gasteiger partial charge in [0, 0.05) is 17.6 Å². The van der Waals surface area contributed by atoms with Gasteiger partial charge in [-0.1, -0.05) is 28.1 Å². The molecule has 0 spiro atoms. The van der Waals surface area contributed by atoms with Gasteiger partial charge in [0.05, 0.1) is 6.10 Å². The molecule has 4 nitrogen and oxygen atoms in total. The Kier molecular flexibility index (Phi) is 4.42. The van der Waals surface area contributed by atoms with Crippen molar-refractivity contribution in [2.24, 2.45) is 0 Å². The van der Waals surface area contributed by atoms with Gasteiger partial charge in [-0.15, -0.1) is 0 Å². The highest BCUT2D eigenvalue weighted by Gasteiger charge is 2.35. The maximum Gasteiger partial charge on any atom is 0.217 e. The molecule has 1 fully saturated rings. The molecule has 100 valence electrons. The van der Waals surface area contributed by atoms with Crippen LogP contribution in [0.3, 0.4) is 0 Å². The first-order valence-corrected chi connectivity index (χ1v) is 8.17. The Labute approximate surface area is 116 Å². The van der Waals surface area contributed by atoms with Crippen LogP contribution < -0.4 is 4.72 Å². The summed E-state index contributed by atoms with van der Waals surface area (Å²) in [6.07, 6.45) is 0.337. The molecule has 2 atom stereocenters. The number of nitrogens with one attached hydrogen (secondary N) is 1. The summed E-state index contributed by atoms with van der Waals surface area (Å²) in [7, 11) is -3.30. The quantitative estimate of drug-likeness (QED) is 0.917. The molecule has 0 aliphatic carbocycles. The van der Waals surface area contributed by atoms with Crippen LogP contribution in [0.15, 0.2) is 28.7 Å². The van der Waals surface area contributed by atoms with Crippen molar-refractivity contribution in [2.45, 2.75) is 31.2 Å². The Hall–Kier alpha value is -0.430. The molecule has 0 aromatic heterocycles. The van der Waals surface area contributed by atoms with Gasteiger partial charge in [0.1, 0.15) is 5.25 Å². The first kappa shape index (κ1) is 14.0. The Bertz CT molecular complexity index is 501. The Balaban J connectivity index is 1.98. The maximum atomic E-state index is 12.1. The van der Waals surface area contributed by atoms with Crippen LogP contribution in [0.5, 0.6) is 0 Å². The summed E-state index contributed by atoms with van der Waals surface area (Å²) >= 11 is 3.34. The Morgan fingerprint density at radius 3 is 2.61 bits per heavy atom. The first-order valence-electron chi connectivity index (χ1n) is 5.83. The highest BCUT2D eigenvalue weighted by atomic mass is 79.9. The van der Waals surface area contributed by atoms with E-state index in [9.17, 15) is 8.42 Å². The lowest BCUT2D eigenvalue weighted by atomic mass is 10.2. The highest BCUT2D eigenvalue weighted by Crippen LogP contribution is 2.20. The number of benzene rings is 1. The lowest BCUT2D eigenvalue weighted by molar-refractivity contribution is 0.126. The molecule has 0 bridgehead atoms. The second kappa shape index (κ2) is 5.69. The van der Waals surface area contributed by atoms with E-state index in [0.717, 1.165) is 10.0 Å². The van der Waals surface area contributed by atoms with Crippen LogP contribution in [0.2, 0.25) is 0 Å². The topological polar surface area (TPSA) is 55.4 Å². The normalized spacial score (nSPS) is 24.3. The summed E-state index contributed by atoms with van der Waals surface area (Å²) in [6.45, 7) is 2.64. The van der Waals surface area contributed by atoms with Crippen molar-refractivity contribution in [1.82, 2.24) is 4.72 Å². The van der Waals surface area contributed by atoms with Gasteiger partial charge in [-0.3, -0.25) is 0 Å². The van der Waals surface area contributed by atoms with E-state index in [1.54, 1.807) is 6.92 Å². The SMILES string of the molecule is C[C@@H]1OCC[C@@H]1S(=O)(=O)NCc1ccc(Br)cc1. The number of hydrogen-bond acceptors (Lipinski definition) is 3. The summed E-state index contributed by atoms with van der Waals surface area (Å²) in [5.74, 6) is 0. The van der Waals surface area contributed by atoms with Gasteiger partial charge < -0.3 is 4.74 Å². The predicted molar refractivity (Wildman–Crippen MR) is 73.7 cm³/mol. The molecule has 1 aliphatic heterocycles. The fourth-order valence-electron chi connectivity index (χ4n) is 2.01. The number of sulfonamides is 1. The third kappa shape index (κ3) is 3.32. The van der Waals surface area contributed by atoms with Crippen molar-refractivity contribution >= 4 is 26.0 Å². The maximum absolute atomic E-state index is 12.1. The Morgan fingerprint density at radius 1 is 1.39 bits per heavy atom. The largest absolute Gasteiger partial charge is 0.377 e. The average molecular weight is 334 g/mol. The minimum Gasteiger partial charge on any atom is -0.377 e. The number of halogens is 1. The van der Waals surface area contributed by atoms with Crippen molar-refractivity contribution in [3.8, 4) is 0 Å². The molecule has 1 aliphatic rings. The van der Waals surface area contributed by atoms with Gasteiger partial charge in [0.15, 0.2) is 0 Å². The van der Waals surface area contributed by atoms with E-state index in [0.29, 0.717) is 19.6 Å². The summed E-state index contributed by atoms with van der Waals surface area (Å²) < 4.78 is 33.1. The van der Waals surface area contributed by atoms with Gasteiger partial charge >= 0.3 is 0 Å². The zero-order valence-electron chi connectivity index (χ0n) is 10.1. The van der Waals surface area contributed by atoms with Crippen LogP contribution in [0, 0.1) is 0 Å². The van der Waals surface area contributed by atoms with Crippen molar-refractivity contribution in [1.29, 1.82) is 0 Å².